The molecule has 54 valence electrons. The SMILES string of the molecule is CC1CCC[C@H](O)[C@@H]1O. The van der Waals surface area contributed by atoms with Crippen molar-refractivity contribution in [1.82, 2.24) is 0 Å². The van der Waals surface area contributed by atoms with Gasteiger partial charge in [-0.2, -0.15) is 0 Å². The highest BCUT2D eigenvalue weighted by Gasteiger charge is 2.26. The minimum atomic E-state index is -0.473. The monoisotopic (exact) mass is 130 g/mol. The van der Waals surface area contributed by atoms with Crippen molar-refractivity contribution >= 4 is 0 Å². The Morgan fingerprint density at radius 3 is 2.33 bits per heavy atom. The van der Waals surface area contributed by atoms with Crippen LogP contribution >= 0.6 is 0 Å². The quantitative estimate of drug-likeness (QED) is 0.502. The van der Waals surface area contributed by atoms with Crippen molar-refractivity contribution in [3.05, 3.63) is 0 Å². The van der Waals surface area contributed by atoms with Crippen molar-refractivity contribution in [2.75, 3.05) is 0 Å². The van der Waals surface area contributed by atoms with Gasteiger partial charge < -0.3 is 10.2 Å². The largest absolute Gasteiger partial charge is 0.390 e. The standard InChI is InChI=1S/C7H14O2/c1-5-3-2-4-6(8)7(5)9/h5-9H,2-4H2,1H3/t5?,6-,7+/m0/s1. The van der Waals surface area contributed by atoms with Crippen LogP contribution in [-0.2, 0) is 0 Å². The Labute approximate surface area is 55.5 Å². The van der Waals surface area contributed by atoms with Gasteiger partial charge in [-0.1, -0.05) is 13.3 Å². The molecule has 1 unspecified atom stereocenters. The first-order valence-corrected chi connectivity index (χ1v) is 3.58. The van der Waals surface area contributed by atoms with E-state index in [9.17, 15) is 5.11 Å². The average molecular weight is 130 g/mol. The fourth-order valence-electron chi connectivity index (χ4n) is 1.37. The normalized spacial score (nSPS) is 45.0. The van der Waals surface area contributed by atoms with E-state index < -0.39 is 12.2 Å². The fraction of sp³-hybridized carbons (Fsp3) is 1.00. The zero-order valence-electron chi connectivity index (χ0n) is 5.75. The van der Waals surface area contributed by atoms with Gasteiger partial charge in [0.1, 0.15) is 0 Å². The van der Waals surface area contributed by atoms with Crippen molar-refractivity contribution in [2.24, 2.45) is 5.92 Å². The van der Waals surface area contributed by atoms with Crippen molar-refractivity contribution in [3.63, 3.8) is 0 Å². The number of hydrogen-bond donors (Lipinski definition) is 2. The summed E-state index contributed by atoms with van der Waals surface area (Å²) in [7, 11) is 0. The minimum Gasteiger partial charge on any atom is -0.390 e. The maximum absolute atomic E-state index is 9.20. The Bertz CT molecular complexity index is 82.9. The molecule has 0 saturated heterocycles. The topological polar surface area (TPSA) is 40.5 Å². The zero-order valence-corrected chi connectivity index (χ0v) is 5.75. The summed E-state index contributed by atoms with van der Waals surface area (Å²) in [5.41, 5.74) is 0. The van der Waals surface area contributed by atoms with Gasteiger partial charge in [-0.25, -0.2) is 0 Å². The number of hydrogen-bond acceptors (Lipinski definition) is 2. The molecule has 0 aromatic carbocycles. The molecule has 1 fully saturated rings. The molecular weight excluding hydrogens is 116 g/mol. The molecule has 2 heteroatoms. The summed E-state index contributed by atoms with van der Waals surface area (Å²) in [5, 5.41) is 18.3. The van der Waals surface area contributed by atoms with Crippen LogP contribution in [-0.4, -0.2) is 22.4 Å². The Kier molecular flexibility index (Phi) is 2.09. The minimum absolute atomic E-state index is 0.286. The van der Waals surface area contributed by atoms with Gasteiger partial charge in [0.2, 0.25) is 0 Å². The van der Waals surface area contributed by atoms with E-state index in [2.05, 4.69) is 0 Å². The van der Waals surface area contributed by atoms with Crippen LogP contribution in [0.15, 0.2) is 0 Å². The summed E-state index contributed by atoms with van der Waals surface area (Å²) in [5.74, 6) is 0.286. The van der Waals surface area contributed by atoms with E-state index in [0.717, 1.165) is 19.3 Å². The lowest BCUT2D eigenvalue weighted by molar-refractivity contribution is -0.0391. The van der Waals surface area contributed by atoms with E-state index in [1.165, 1.54) is 0 Å². The summed E-state index contributed by atoms with van der Waals surface area (Å²) in [4.78, 5) is 0. The molecule has 0 amide bonds. The van der Waals surface area contributed by atoms with E-state index in [1.54, 1.807) is 0 Å². The van der Waals surface area contributed by atoms with Gasteiger partial charge in [0, 0.05) is 0 Å². The molecule has 2 nitrogen and oxygen atoms in total. The predicted molar refractivity (Wildman–Crippen MR) is 35.0 cm³/mol. The van der Waals surface area contributed by atoms with Gasteiger partial charge in [0.15, 0.2) is 0 Å². The maximum atomic E-state index is 9.20. The molecular formula is C7H14O2. The van der Waals surface area contributed by atoms with E-state index in [0.29, 0.717) is 0 Å². The van der Waals surface area contributed by atoms with E-state index in [-0.39, 0.29) is 5.92 Å². The van der Waals surface area contributed by atoms with Crippen molar-refractivity contribution in [3.8, 4) is 0 Å². The molecule has 1 rings (SSSR count). The highest BCUT2D eigenvalue weighted by atomic mass is 16.3. The lowest BCUT2D eigenvalue weighted by Gasteiger charge is -2.28. The van der Waals surface area contributed by atoms with Crippen LogP contribution < -0.4 is 0 Å². The second kappa shape index (κ2) is 2.67. The van der Waals surface area contributed by atoms with Crippen molar-refractivity contribution in [2.45, 2.75) is 38.4 Å². The maximum Gasteiger partial charge on any atom is 0.0824 e. The van der Waals surface area contributed by atoms with Gasteiger partial charge in [0.05, 0.1) is 12.2 Å². The first-order valence-electron chi connectivity index (χ1n) is 3.58. The van der Waals surface area contributed by atoms with E-state index in [4.69, 9.17) is 5.11 Å². The first-order chi connectivity index (χ1) is 4.22. The lowest BCUT2D eigenvalue weighted by atomic mass is 9.86. The summed E-state index contributed by atoms with van der Waals surface area (Å²) in [6.07, 6.45) is 1.94. The number of rotatable bonds is 0. The Morgan fingerprint density at radius 1 is 1.22 bits per heavy atom. The molecule has 0 aliphatic heterocycles. The first kappa shape index (κ1) is 7.03. The van der Waals surface area contributed by atoms with Crippen molar-refractivity contribution in [1.29, 1.82) is 0 Å². The molecule has 0 bridgehead atoms. The average Bonchev–Trinajstić information content (AvgIpc) is 1.83. The summed E-state index contributed by atoms with van der Waals surface area (Å²) >= 11 is 0. The molecule has 0 aromatic heterocycles. The van der Waals surface area contributed by atoms with Gasteiger partial charge in [-0.3, -0.25) is 0 Å². The van der Waals surface area contributed by atoms with Crippen LogP contribution in [0.4, 0.5) is 0 Å². The summed E-state index contributed by atoms with van der Waals surface area (Å²) in [6.45, 7) is 1.98. The third-order valence-electron chi connectivity index (χ3n) is 2.14. The van der Waals surface area contributed by atoms with Crippen LogP contribution in [0.3, 0.4) is 0 Å². The molecule has 2 N–H and O–H groups in total. The number of aliphatic hydroxyl groups is 2. The van der Waals surface area contributed by atoms with Crippen LogP contribution in [0, 0.1) is 5.92 Å². The van der Waals surface area contributed by atoms with E-state index >= 15 is 0 Å². The number of aliphatic hydroxyl groups excluding tert-OH is 2. The molecule has 3 atom stereocenters. The van der Waals surface area contributed by atoms with Crippen molar-refractivity contribution < 1.29 is 10.2 Å². The Morgan fingerprint density at radius 2 is 1.89 bits per heavy atom. The van der Waals surface area contributed by atoms with Gasteiger partial charge in [-0.05, 0) is 18.8 Å². The third-order valence-corrected chi connectivity index (χ3v) is 2.14. The second-order valence-electron chi connectivity index (χ2n) is 2.97. The second-order valence-corrected chi connectivity index (χ2v) is 2.97. The predicted octanol–water partition coefficient (Wildman–Crippen LogP) is 0.528. The van der Waals surface area contributed by atoms with E-state index in [1.807, 2.05) is 6.92 Å². The summed E-state index contributed by atoms with van der Waals surface area (Å²) < 4.78 is 0. The smallest absolute Gasteiger partial charge is 0.0824 e. The Hall–Kier alpha value is -0.0800. The third kappa shape index (κ3) is 1.43. The molecule has 1 aliphatic rings. The fourth-order valence-corrected chi connectivity index (χ4v) is 1.37. The van der Waals surface area contributed by atoms with Gasteiger partial charge in [-0.15, -0.1) is 0 Å². The summed E-state index contributed by atoms with van der Waals surface area (Å²) in [6, 6.07) is 0. The molecule has 1 saturated carbocycles. The molecule has 0 aromatic rings. The molecule has 0 heterocycles. The Balaban J connectivity index is 2.41. The zero-order chi connectivity index (χ0) is 6.85. The molecule has 1 aliphatic carbocycles. The highest BCUT2D eigenvalue weighted by Crippen LogP contribution is 2.23. The van der Waals surface area contributed by atoms with Crippen LogP contribution in [0.25, 0.3) is 0 Å². The van der Waals surface area contributed by atoms with Crippen LogP contribution in [0.1, 0.15) is 26.2 Å². The molecule has 0 spiro atoms. The van der Waals surface area contributed by atoms with Gasteiger partial charge >= 0.3 is 0 Å². The lowest BCUT2D eigenvalue weighted by Crippen LogP contribution is -2.35. The molecule has 9 heavy (non-hydrogen) atoms. The van der Waals surface area contributed by atoms with Crippen LogP contribution in [0.5, 0.6) is 0 Å². The highest BCUT2D eigenvalue weighted by molar-refractivity contribution is 4.78. The van der Waals surface area contributed by atoms with Gasteiger partial charge in [0.25, 0.3) is 0 Å². The van der Waals surface area contributed by atoms with Crippen LogP contribution in [0.2, 0.25) is 0 Å². The molecule has 0 radical (unpaired) electrons.